The molecule has 1 aliphatic heterocycles. The van der Waals surface area contributed by atoms with E-state index in [1.54, 1.807) is 0 Å². The Morgan fingerprint density at radius 3 is 2.29 bits per heavy atom. The van der Waals surface area contributed by atoms with Gasteiger partial charge in [0.25, 0.3) is 0 Å². The highest BCUT2D eigenvalue weighted by Gasteiger charge is 2.34. The van der Waals surface area contributed by atoms with Crippen molar-refractivity contribution in [1.29, 1.82) is 0 Å². The molecule has 2 nitrogen and oxygen atoms in total. The summed E-state index contributed by atoms with van der Waals surface area (Å²) in [5, 5.41) is 3.51. The first-order valence-electron chi connectivity index (χ1n) is 7.85. The number of piperidine rings is 1. The maximum Gasteiger partial charge on any atom is 0.130 e. The molecule has 2 rings (SSSR count). The van der Waals surface area contributed by atoms with Crippen molar-refractivity contribution in [2.75, 3.05) is 6.54 Å². The Kier molecular flexibility index (Phi) is 5.33. The van der Waals surface area contributed by atoms with Crippen LogP contribution in [0.2, 0.25) is 0 Å². The number of nitrogens with zero attached hydrogens (tertiary/aromatic N) is 1. The monoisotopic (exact) mass is 296 g/mol. The van der Waals surface area contributed by atoms with Gasteiger partial charge >= 0.3 is 0 Å². The summed E-state index contributed by atoms with van der Waals surface area (Å²) in [4.78, 5) is 2.21. The Bertz CT molecular complexity index is 454. The molecule has 21 heavy (non-hydrogen) atoms. The van der Waals surface area contributed by atoms with Crippen LogP contribution in [0.1, 0.15) is 52.1 Å². The van der Waals surface area contributed by atoms with E-state index < -0.39 is 11.6 Å². The van der Waals surface area contributed by atoms with Gasteiger partial charge in [-0.2, -0.15) is 0 Å². The SMILES string of the molecule is CC(C)N[C@@H]1CCN(C(C)C)[C@H](c2c(F)cccc2F)C1. The van der Waals surface area contributed by atoms with Gasteiger partial charge in [0.2, 0.25) is 0 Å². The summed E-state index contributed by atoms with van der Waals surface area (Å²) in [6.45, 7) is 9.24. The molecular formula is C17H26F2N2. The fraction of sp³-hybridized carbons (Fsp3) is 0.647. The Labute approximate surface area is 126 Å². The summed E-state index contributed by atoms with van der Waals surface area (Å²) in [6, 6.07) is 4.91. The Morgan fingerprint density at radius 1 is 1.14 bits per heavy atom. The summed E-state index contributed by atoms with van der Waals surface area (Å²) in [5.41, 5.74) is 0.224. The molecule has 0 radical (unpaired) electrons. The molecule has 4 heteroatoms. The molecule has 1 aromatic carbocycles. The summed E-state index contributed by atoms with van der Waals surface area (Å²) >= 11 is 0. The van der Waals surface area contributed by atoms with Crippen molar-refractivity contribution in [3.8, 4) is 0 Å². The molecular weight excluding hydrogens is 270 g/mol. The number of rotatable bonds is 4. The number of likely N-dealkylation sites (tertiary alicyclic amines) is 1. The summed E-state index contributed by atoms with van der Waals surface area (Å²) < 4.78 is 28.3. The maximum absolute atomic E-state index is 14.2. The lowest BCUT2D eigenvalue weighted by Crippen LogP contribution is -2.48. The van der Waals surface area contributed by atoms with Crippen LogP contribution in [0.25, 0.3) is 0 Å². The molecule has 1 saturated heterocycles. The lowest BCUT2D eigenvalue weighted by molar-refractivity contribution is 0.0857. The van der Waals surface area contributed by atoms with Crippen molar-refractivity contribution in [3.63, 3.8) is 0 Å². The zero-order valence-electron chi connectivity index (χ0n) is 13.4. The van der Waals surface area contributed by atoms with E-state index in [2.05, 4.69) is 37.9 Å². The Hall–Kier alpha value is -1.00. The van der Waals surface area contributed by atoms with Crippen molar-refractivity contribution in [2.45, 2.75) is 64.7 Å². The third-order valence-corrected chi connectivity index (χ3v) is 4.21. The minimum Gasteiger partial charge on any atom is -0.312 e. The number of hydrogen-bond donors (Lipinski definition) is 1. The maximum atomic E-state index is 14.2. The second-order valence-electron chi connectivity index (χ2n) is 6.53. The first kappa shape index (κ1) is 16.4. The molecule has 1 fully saturated rings. The molecule has 0 aliphatic carbocycles. The van der Waals surface area contributed by atoms with Crippen molar-refractivity contribution >= 4 is 0 Å². The normalized spacial score (nSPS) is 24.0. The van der Waals surface area contributed by atoms with Crippen LogP contribution in [0.15, 0.2) is 18.2 Å². The molecule has 0 saturated carbocycles. The number of benzene rings is 1. The number of nitrogens with one attached hydrogen (secondary N) is 1. The van der Waals surface area contributed by atoms with Gasteiger partial charge < -0.3 is 5.32 Å². The molecule has 0 bridgehead atoms. The summed E-state index contributed by atoms with van der Waals surface area (Å²) in [5.74, 6) is -0.869. The van der Waals surface area contributed by atoms with Crippen LogP contribution in [0, 0.1) is 11.6 Å². The molecule has 0 unspecified atom stereocenters. The van der Waals surface area contributed by atoms with Crippen molar-refractivity contribution < 1.29 is 8.78 Å². The van der Waals surface area contributed by atoms with Crippen LogP contribution in [-0.4, -0.2) is 29.6 Å². The van der Waals surface area contributed by atoms with Crippen LogP contribution >= 0.6 is 0 Å². The summed E-state index contributed by atoms with van der Waals surface area (Å²) in [6.07, 6.45) is 1.76. The van der Waals surface area contributed by atoms with Crippen LogP contribution in [0.4, 0.5) is 8.78 Å². The highest BCUT2D eigenvalue weighted by molar-refractivity contribution is 5.24. The van der Waals surface area contributed by atoms with Gasteiger partial charge in [-0.05, 0) is 38.8 Å². The highest BCUT2D eigenvalue weighted by Crippen LogP contribution is 2.35. The van der Waals surface area contributed by atoms with Gasteiger partial charge in [0.05, 0.1) is 0 Å². The molecule has 2 atom stereocenters. The minimum absolute atomic E-state index is 0.198. The first-order chi connectivity index (χ1) is 9.90. The molecule has 1 aromatic rings. The summed E-state index contributed by atoms with van der Waals surface area (Å²) in [7, 11) is 0. The van der Waals surface area contributed by atoms with Crippen LogP contribution in [0.5, 0.6) is 0 Å². The van der Waals surface area contributed by atoms with Crippen LogP contribution in [-0.2, 0) is 0 Å². The van der Waals surface area contributed by atoms with E-state index in [0.29, 0.717) is 12.1 Å². The fourth-order valence-corrected chi connectivity index (χ4v) is 3.34. The van der Waals surface area contributed by atoms with Gasteiger partial charge in [0.15, 0.2) is 0 Å². The van der Waals surface area contributed by atoms with Crippen LogP contribution < -0.4 is 5.32 Å². The van der Waals surface area contributed by atoms with E-state index in [9.17, 15) is 8.78 Å². The van der Waals surface area contributed by atoms with Gasteiger partial charge in [-0.15, -0.1) is 0 Å². The quantitative estimate of drug-likeness (QED) is 0.907. The lowest BCUT2D eigenvalue weighted by atomic mass is 9.89. The van der Waals surface area contributed by atoms with E-state index in [-0.39, 0.29) is 17.6 Å². The first-order valence-corrected chi connectivity index (χ1v) is 7.85. The van der Waals surface area contributed by atoms with E-state index in [4.69, 9.17) is 0 Å². The second kappa shape index (κ2) is 6.84. The average molecular weight is 296 g/mol. The second-order valence-corrected chi connectivity index (χ2v) is 6.53. The molecule has 0 amide bonds. The number of hydrogen-bond acceptors (Lipinski definition) is 2. The highest BCUT2D eigenvalue weighted by atomic mass is 19.1. The van der Waals surface area contributed by atoms with Gasteiger partial charge in [0, 0.05) is 36.3 Å². The van der Waals surface area contributed by atoms with Crippen molar-refractivity contribution in [2.24, 2.45) is 0 Å². The predicted molar refractivity (Wildman–Crippen MR) is 82.2 cm³/mol. The average Bonchev–Trinajstić information content (AvgIpc) is 2.37. The van der Waals surface area contributed by atoms with Gasteiger partial charge in [-0.25, -0.2) is 8.78 Å². The van der Waals surface area contributed by atoms with Crippen molar-refractivity contribution in [1.82, 2.24) is 10.2 Å². The topological polar surface area (TPSA) is 15.3 Å². The molecule has 1 N–H and O–H groups in total. The largest absolute Gasteiger partial charge is 0.312 e. The third-order valence-electron chi connectivity index (χ3n) is 4.21. The fourth-order valence-electron chi connectivity index (χ4n) is 3.34. The smallest absolute Gasteiger partial charge is 0.130 e. The Morgan fingerprint density at radius 2 is 1.76 bits per heavy atom. The zero-order chi connectivity index (χ0) is 15.6. The molecule has 0 spiro atoms. The van der Waals surface area contributed by atoms with Gasteiger partial charge in [0.1, 0.15) is 11.6 Å². The van der Waals surface area contributed by atoms with Crippen molar-refractivity contribution in [3.05, 3.63) is 35.4 Å². The van der Waals surface area contributed by atoms with E-state index in [1.165, 1.54) is 18.2 Å². The van der Waals surface area contributed by atoms with E-state index in [1.807, 2.05) is 0 Å². The van der Waals surface area contributed by atoms with Gasteiger partial charge in [-0.3, -0.25) is 4.90 Å². The van der Waals surface area contributed by atoms with E-state index >= 15 is 0 Å². The molecule has 1 heterocycles. The molecule has 0 aromatic heterocycles. The predicted octanol–water partition coefficient (Wildman–Crippen LogP) is 3.88. The lowest BCUT2D eigenvalue weighted by Gasteiger charge is -2.43. The molecule has 1 aliphatic rings. The zero-order valence-corrected chi connectivity index (χ0v) is 13.4. The van der Waals surface area contributed by atoms with Gasteiger partial charge in [-0.1, -0.05) is 19.9 Å². The van der Waals surface area contributed by atoms with Crippen LogP contribution in [0.3, 0.4) is 0 Å². The third kappa shape index (κ3) is 3.80. The number of halogens is 2. The Balaban J connectivity index is 2.30. The standard InChI is InChI=1S/C17H26F2N2/c1-11(2)20-13-8-9-21(12(3)4)16(10-13)17-14(18)6-5-7-15(17)19/h5-7,11-13,16,20H,8-10H2,1-4H3/t13-,16+/m1/s1. The van der Waals surface area contributed by atoms with E-state index in [0.717, 1.165) is 19.4 Å². The molecule has 118 valence electrons. The minimum atomic E-state index is -0.434.